The van der Waals surface area contributed by atoms with Gasteiger partial charge in [-0.15, -0.1) is 0 Å². The molecule has 1 atom stereocenters. The number of nitrogens with two attached hydrogens (primary N) is 2. The van der Waals surface area contributed by atoms with E-state index >= 15 is 0 Å². The third-order valence-corrected chi connectivity index (χ3v) is 12.3. The van der Waals surface area contributed by atoms with Crippen molar-refractivity contribution in [3.05, 3.63) is 88.4 Å². The summed E-state index contributed by atoms with van der Waals surface area (Å²) >= 11 is 11.9. The van der Waals surface area contributed by atoms with Crippen LogP contribution in [0.4, 0.5) is 11.6 Å². The molecule has 0 aliphatic heterocycles. The topological polar surface area (TPSA) is 207 Å². The molecular formula is C41H50Cl2N10O5S2. The molecule has 0 amide bonds. The van der Waals surface area contributed by atoms with Gasteiger partial charge >= 0.3 is 0 Å². The number of pyridine rings is 2. The zero-order valence-corrected chi connectivity index (χ0v) is 36.9. The van der Waals surface area contributed by atoms with Gasteiger partial charge in [-0.3, -0.25) is 0 Å². The zero-order chi connectivity index (χ0) is 42.8. The molecule has 19 heteroatoms. The number of nitrogens with zero attached hydrogens (tertiary/aromatic N) is 6. The van der Waals surface area contributed by atoms with E-state index in [0.717, 1.165) is 88.8 Å². The van der Waals surface area contributed by atoms with Crippen molar-refractivity contribution >= 4 is 99.7 Å². The first-order valence-electron chi connectivity index (χ1n) is 19.5. The van der Waals surface area contributed by atoms with E-state index in [4.69, 9.17) is 54.1 Å². The number of para-hydroxylation sites is 2. The Kier molecular flexibility index (Phi) is 15.7. The first-order chi connectivity index (χ1) is 28.9. The quantitative estimate of drug-likeness (QED) is 0.0650. The number of imidazole rings is 2. The number of halogens is 2. The van der Waals surface area contributed by atoms with Gasteiger partial charge in [0.1, 0.15) is 22.7 Å². The summed E-state index contributed by atoms with van der Waals surface area (Å²) in [5.74, 6) is 2.66. The van der Waals surface area contributed by atoms with Crippen molar-refractivity contribution in [1.29, 1.82) is 0 Å². The van der Waals surface area contributed by atoms with Crippen LogP contribution in [-0.4, -0.2) is 88.5 Å². The zero-order valence-electron chi connectivity index (χ0n) is 33.8. The minimum Gasteiger partial charge on any atom is -0.384 e. The summed E-state index contributed by atoms with van der Waals surface area (Å²) in [5.41, 5.74) is 17.5. The normalized spacial score (nSPS) is 12.4. The number of anilines is 2. The van der Waals surface area contributed by atoms with Gasteiger partial charge in [-0.2, -0.15) is 0 Å². The molecule has 7 aromatic rings. The molecule has 0 bridgehead atoms. The van der Waals surface area contributed by atoms with Crippen LogP contribution in [0.25, 0.3) is 43.9 Å². The molecule has 0 saturated carbocycles. The fourth-order valence-electron chi connectivity index (χ4n) is 7.04. The highest BCUT2D eigenvalue weighted by Gasteiger charge is 2.19. The van der Waals surface area contributed by atoms with Crippen LogP contribution in [0.2, 0.25) is 10.0 Å². The van der Waals surface area contributed by atoms with E-state index < -0.39 is 21.0 Å². The van der Waals surface area contributed by atoms with Gasteiger partial charge < -0.3 is 30.1 Å². The molecule has 4 heterocycles. The summed E-state index contributed by atoms with van der Waals surface area (Å²) in [5, 5.41) is 2.57. The molecule has 0 fully saturated rings. The number of aromatic nitrogens is 6. The van der Waals surface area contributed by atoms with E-state index in [1.54, 1.807) is 20.5 Å². The van der Waals surface area contributed by atoms with Gasteiger partial charge in [-0.25, -0.2) is 42.0 Å². The van der Waals surface area contributed by atoms with Crippen LogP contribution >= 0.6 is 23.2 Å². The number of nitrogen functional groups attached to an aromatic ring is 2. The Bertz CT molecular complexity index is 2710. The maximum atomic E-state index is 12.6. The van der Waals surface area contributed by atoms with Crippen molar-refractivity contribution in [3.63, 3.8) is 0 Å². The maximum absolute atomic E-state index is 12.6. The standard InChI is InChI=1S/C23H25Cl2N5O3S.C18H25N5O2S/c1-33-11-8-20-29-21-22(18-6-2-3-7-19(18)28-23(21)26)30(20)10-5-4-9-27-34(31,32)17-13-15(24)12-16(25)14-17;1-25-12-9-15-22-16-17(23(15)11-6-5-10-20-26(2)24)13-7-3-4-8-14(13)21-18(16)19/h2-3,6-7,12-14,27H,4-5,8-11H2,1H3,(H2,26,28);3-4,7-8,20H,5-6,9-12H2,1-2H3,(H2,19,21). The average molecular weight is 898 g/mol. The molecule has 0 saturated heterocycles. The van der Waals surface area contributed by atoms with Crippen molar-refractivity contribution in [3.8, 4) is 0 Å². The molecule has 0 aliphatic carbocycles. The molecule has 0 radical (unpaired) electrons. The lowest BCUT2D eigenvalue weighted by Gasteiger charge is -2.12. The van der Waals surface area contributed by atoms with Crippen molar-refractivity contribution in [2.24, 2.45) is 0 Å². The summed E-state index contributed by atoms with van der Waals surface area (Å²) in [6.45, 7) is 3.60. The van der Waals surface area contributed by atoms with E-state index in [2.05, 4.69) is 34.6 Å². The van der Waals surface area contributed by atoms with Crippen LogP contribution in [0.3, 0.4) is 0 Å². The third-order valence-electron chi connectivity index (χ3n) is 9.80. The lowest BCUT2D eigenvalue weighted by molar-refractivity contribution is 0.199. The van der Waals surface area contributed by atoms with Gasteiger partial charge in [-0.05, 0) is 56.0 Å². The Morgan fingerprint density at radius 3 is 1.63 bits per heavy atom. The molecule has 60 heavy (non-hydrogen) atoms. The van der Waals surface area contributed by atoms with Gasteiger partial charge in [0.2, 0.25) is 10.0 Å². The van der Waals surface area contributed by atoms with Crippen LogP contribution in [0.5, 0.6) is 0 Å². The largest absolute Gasteiger partial charge is 0.384 e. The SMILES string of the molecule is COCCc1nc2c(N)nc3ccccc3c2n1CCCCNS(=O)(=O)c1cc(Cl)cc(Cl)c1.COCCc1nc2c(N)nc3ccccc3c2n1CCCCNS(C)=O. The monoisotopic (exact) mass is 896 g/mol. The molecule has 0 spiro atoms. The van der Waals surface area contributed by atoms with Crippen LogP contribution in [0.15, 0.2) is 71.6 Å². The lowest BCUT2D eigenvalue weighted by Crippen LogP contribution is -2.25. The number of hydrogen-bond donors (Lipinski definition) is 4. The fraction of sp³-hybridized carbons (Fsp3) is 0.366. The highest BCUT2D eigenvalue weighted by molar-refractivity contribution is 7.89. The van der Waals surface area contributed by atoms with Crippen molar-refractivity contribution < 1.29 is 22.1 Å². The number of nitrogens with one attached hydrogen (secondary N) is 2. The number of rotatable bonds is 19. The maximum Gasteiger partial charge on any atom is 0.240 e. The predicted molar refractivity (Wildman–Crippen MR) is 242 cm³/mol. The molecule has 320 valence electrons. The number of sulfonamides is 1. The average Bonchev–Trinajstić information content (AvgIpc) is 3.78. The molecule has 15 nitrogen and oxygen atoms in total. The highest BCUT2D eigenvalue weighted by atomic mass is 35.5. The Morgan fingerprint density at radius 1 is 0.700 bits per heavy atom. The summed E-state index contributed by atoms with van der Waals surface area (Å²) in [7, 11) is -1.34. The minimum absolute atomic E-state index is 0.0434. The smallest absolute Gasteiger partial charge is 0.240 e. The van der Waals surface area contributed by atoms with E-state index in [1.165, 1.54) is 18.2 Å². The summed E-state index contributed by atoms with van der Waals surface area (Å²) in [6, 6.07) is 20.1. The molecule has 4 aromatic heterocycles. The lowest BCUT2D eigenvalue weighted by atomic mass is 10.2. The van der Waals surface area contributed by atoms with Crippen LogP contribution in [-0.2, 0) is 56.4 Å². The summed E-state index contributed by atoms with van der Waals surface area (Å²) in [4.78, 5) is 18.5. The number of ether oxygens (including phenoxy) is 2. The predicted octanol–water partition coefficient (Wildman–Crippen LogP) is 6.44. The van der Waals surface area contributed by atoms with Crippen molar-refractivity contribution in [2.45, 2.75) is 56.5 Å². The van der Waals surface area contributed by atoms with Crippen LogP contribution in [0.1, 0.15) is 37.3 Å². The number of benzene rings is 3. The molecule has 7 rings (SSSR count). The van der Waals surface area contributed by atoms with Gasteiger partial charge in [0, 0.05) is 80.3 Å². The van der Waals surface area contributed by atoms with E-state index in [9.17, 15) is 12.6 Å². The van der Waals surface area contributed by atoms with E-state index in [-0.39, 0.29) is 21.5 Å². The van der Waals surface area contributed by atoms with Crippen LogP contribution < -0.4 is 20.9 Å². The fourth-order valence-corrected chi connectivity index (χ4v) is 9.27. The molecular weight excluding hydrogens is 848 g/mol. The van der Waals surface area contributed by atoms with Crippen LogP contribution in [0, 0.1) is 0 Å². The summed E-state index contributed by atoms with van der Waals surface area (Å²) < 4.78 is 56.7. The van der Waals surface area contributed by atoms with Gasteiger partial charge in [0.25, 0.3) is 0 Å². The van der Waals surface area contributed by atoms with Gasteiger partial charge in [0.15, 0.2) is 11.6 Å². The second kappa shape index (κ2) is 20.9. The molecule has 6 N–H and O–H groups in total. The van der Waals surface area contributed by atoms with Crippen molar-refractivity contribution in [1.82, 2.24) is 38.5 Å². The number of hydrogen-bond acceptors (Lipinski definition) is 11. The van der Waals surface area contributed by atoms with Gasteiger partial charge in [-0.1, -0.05) is 59.6 Å². The van der Waals surface area contributed by atoms with E-state index in [0.29, 0.717) is 49.8 Å². The second-order valence-electron chi connectivity index (χ2n) is 14.0. The second-order valence-corrected chi connectivity index (χ2v) is 17.9. The number of unbranched alkanes of at least 4 members (excludes halogenated alkanes) is 2. The Hall–Kier alpha value is -4.46. The Morgan fingerprint density at radius 2 is 1.17 bits per heavy atom. The first-order valence-corrected chi connectivity index (χ1v) is 23.3. The molecule has 1 unspecified atom stereocenters. The van der Waals surface area contributed by atoms with E-state index in [1.807, 2.05) is 42.5 Å². The highest BCUT2D eigenvalue weighted by Crippen LogP contribution is 2.31. The van der Waals surface area contributed by atoms with Crippen molar-refractivity contribution in [2.75, 3.05) is 58.2 Å². The molecule has 3 aromatic carbocycles. The number of aryl methyl sites for hydroxylation is 2. The summed E-state index contributed by atoms with van der Waals surface area (Å²) in [6.07, 6.45) is 6.22. The minimum atomic E-state index is -3.71. The Balaban J connectivity index is 0.000000209. The van der Waals surface area contributed by atoms with Gasteiger partial charge in [0.05, 0.1) is 51.2 Å². The first kappa shape index (κ1) is 45.1. The molecule has 0 aliphatic rings. The number of fused-ring (bicyclic) bond motifs is 6. The third kappa shape index (κ3) is 10.9. The Labute approximate surface area is 361 Å². The number of methoxy groups -OCH3 is 2.